The molecular weight excluding hydrogens is 1400 g/mol. The van der Waals surface area contributed by atoms with E-state index in [1.165, 1.54) is 5.70 Å². The Balaban J connectivity index is 0.000000160. The van der Waals surface area contributed by atoms with Gasteiger partial charge in [-0.25, -0.2) is 38.5 Å². The van der Waals surface area contributed by atoms with Gasteiger partial charge >= 0.3 is 6.09 Å². The van der Waals surface area contributed by atoms with Crippen molar-refractivity contribution in [1.82, 2.24) is 19.6 Å². The molecule has 3 unspecified atom stereocenters. The van der Waals surface area contributed by atoms with Crippen LogP contribution in [0.25, 0.3) is 0 Å². The Bertz CT molecular complexity index is 4450. The van der Waals surface area contributed by atoms with Gasteiger partial charge in [0.25, 0.3) is 40.1 Å². The Morgan fingerprint density at radius 2 is 0.796 bits per heavy atom. The zero-order valence-electron chi connectivity index (χ0n) is 60.3. The van der Waals surface area contributed by atoms with Crippen LogP contribution in [0.15, 0.2) is 127 Å². The van der Waals surface area contributed by atoms with Crippen LogP contribution in [0.4, 0.5) is 4.79 Å². The molecular formula is C72H100N12O15S4. The Labute approximate surface area is 607 Å². The van der Waals surface area contributed by atoms with E-state index in [9.17, 15) is 38.5 Å². The predicted molar refractivity (Wildman–Crippen MR) is 400 cm³/mol. The van der Waals surface area contributed by atoms with Crippen LogP contribution in [0, 0.1) is 17.8 Å². The first-order valence-electron chi connectivity index (χ1n) is 34.7. The van der Waals surface area contributed by atoms with Crippen molar-refractivity contribution >= 4 is 69.5 Å². The summed E-state index contributed by atoms with van der Waals surface area (Å²) in [5, 5.41) is 0. The quantitative estimate of drug-likeness (QED) is 0.0640. The smallest absolute Gasteiger partial charge is 0.410 e. The number of hydrogen-bond acceptors (Lipinski definition) is 22. The van der Waals surface area contributed by atoms with Gasteiger partial charge < -0.3 is 71.0 Å². The van der Waals surface area contributed by atoms with Crippen molar-refractivity contribution < 1.29 is 66.9 Å². The molecule has 0 aliphatic carbocycles. The number of amides is 1. The monoisotopic (exact) mass is 1500 g/mol. The number of carbonyl (C=O) groups is 1. The number of likely N-dealkylation sites (tertiary alicyclic amines) is 4. The summed E-state index contributed by atoms with van der Waals surface area (Å²) in [6.07, 6.45) is 7.53. The van der Waals surface area contributed by atoms with Gasteiger partial charge in [0.15, 0.2) is 5.88 Å². The summed E-state index contributed by atoms with van der Waals surface area (Å²) in [6, 6.07) is 21.1. The molecule has 0 bridgehead atoms. The van der Waals surface area contributed by atoms with Crippen LogP contribution in [0.3, 0.4) is 0 Å². The number of sulfonamides is 4. The molecule has 4 fully saturated rings. The largest absolute Gasteiger partial charge is 0.492 e. The van der Waals surface area contributed by atoms with Gasteiger partial charge in [-0.1, -0.05) is 82.0 Å². The van der Waals surface area contributed by atoms with Gasteiger partial charge in [-0.15, -0.1) is 17.6 Å². The fourth-order valence-corrected chi connectivity index (χ4v) is 17.7. The van der Waals surface area contributed by atoms with E-state index in [4.69, 9.17) is 51.4 Å². The first-order valence-corrected chi connectivity index (χ1v) is 41.1. The Morgan fingerprint density at radius 3 is 1.14 bits per heavy atom. The molecule has 562 valence electrons. The highest BCUT2D eigenvalue weighted by atomic mass is 32.2. The Morgan fingerprint density at radius 1 is 0.466 bits per heavy atom. The lowest BCUT2D eigenvalue weighted by atomic mass is 10.1. The number of allylic oxidation sites excluding steroid dienone is 2. The molecule has 0 aromatic heterocycles. The summed E-state index contributed by atoms with van der Waals surface area (Å²) in [7, 11) is -14.2. The van der Waals surface area contributed by atoms with E-state index < -0.39 is 45.7 Å². The van der Waals surface area contributed by atoms with Crippen molar-refractivity contribution in [2.45, 2.75) is 147 Å². The molecule has 4 atom stereocenters. The van der Waals surface area contributed by atoms with Crippen molar-refractivity contribution in [2.75, 3.05) is 72.2 Å². The highest BCUT2D eigenvalue weighted by molar-refractivity contribution is 7.90. The number of nitrogens with two attached hydrogens (primary N) is 4. The van der Waals surface area contributed by atoms with Crippen LogP contribution in [0.2, 0.25) is 0 Å². The lowest BCUT2D eigenvalue weighted by molar-refractivity contribution is 0.00756. The van der Waals surface area contributed by atoms with Crippen molar-refractivity contribution in [3.8, 4) is 23.0 Å². The Hall–Kier alpha value is -8.55. The fraction of sp³-hybridized carbons (Fsp3) is 0.514. The van der Waals surface area contributed by atoms with Crippen LogP contribution < -0.4 is 41.9 Å². The number of nitrogens with zero attached hydrogens (tertiary/aromatic N) is 8. The van der Waals surface area contributed by atoms with Gasteiger partial charge in [0.1, 0.15) is 64.1 Å². The predicted octanol–water partition coefficient (Wildman–Crippen LogP) is 8.35. The molecule has 103 heavy (non-hydrogen) atoms. The third-order valence-corrected chi connectivity index (χ3v) is 22.7. The molecule has 8 aliphatic heterocycles. The molecule has 4 saturated heterocycles. The molecule has 31 heteroatoms. The molecule has 1 amide bonds. The SMILES string of the molecule is C=C(CC)N1CCC(COc2cccc3c2C(N)=NS(=O)(=O)C3)C1.C=C(CCC)N1CCC(COc2cccc3c2C(N)=NS(=O)(=O)C3)C1.C=C(OC(C)(C)C)N1CCC(COc2cccc3c2C(N)=NS(=O)(=O)C3)C1.CC(C)(C)OC(=O)N1CCC[C@H]1COc1cccc2c1C(N)=NS(=O)(=O)C2. The maximum Gasteiger partial charge on any atom is 0.410 e. The maximum atomic E-state index is 12.4. The summed E-state index contributed by atoms with van der Waals surface area (Å²) in [5.41, 5.74) is 29.8. The first-order chi connectivity index (χ1) is 48.4. The van der Waals surface area contributed by atoms with E-state index >= 15 is 0 Å². The number of hydrogen-bond donors (Lipinski definition) is 4. The standard InChI is InChI=1S/C19H27N3O4S.C18H25N3O5S.C18H25N3O3S.C17H23N3O3S/c1-13(26-19(2,3)4)22-9-8-14(10-22)11-25-16-7-5-6-15-12-27(23,24)21-18(20)17(15)16;1-18(2,3)26-17(22)21-9-5-7-13(21)10-25-14-8-4-6-12-11-27(23,24)20-16(19)15(12)14;1-3-5-13(2)21-9-8-14(10-21)11-24-16-7-4-6-15-12-25(22,23)20-18(19)17(15)16;1-3-12(2)20-8-7-13(9-20)10-23-15-6-4-5-14-11-24(21,22)19-17(18)16(14)15/h5-7,14H,1,8-12H2,2-4H3,(H2,20,21);4,6,8,13H,5,7,9-11H2,1-3H3,(H2,19,20);4,6-7,14H,2-3,5,8-12H2,1H3,(H2,19,20);4-6,13H,2-3,7-11H2,1H3,(H2,18,19)/t;13-;;/m.0../s1. The van der Waals surface area contributed by atoms with E-state index in [-0.39, 0.29) is 70.7 Å². The van der Waals surface area contributed by atoms with Crippen LogP contribution in [0.1, 0.15) is 151 Å². The minimum absolute atomic E-state index is 0.00754. The summed E-state index contributed by atoms with van der Waals surface area (Å²) in [5.74, 6) is 3.47. The average molecular weight is 1500 g/mol. The number of benzene rings is 4. The summed E-state index contributed by atoms with van der Waals surface area (Å²) in [6.45, 7) is 36.2. The van der Waals surface area contributed by atoms with Crippen LogP contribution in [-0.4, -0.2) is 172 Å². The topological polar surface area (TPSA) is 375 Å². The second-order valence-electron chi connectivity index (χ2n) is 28.8. The molecule has 0 spiro atoms. The lowest BCUT2D eigenvalue weighted by Gasteiger charge is -2.29. The molecule has 0 saturated carbocycles. The van der Waals surface area contributed by atoms with Gasteiger partial charge in [-0.05, 0) is 140 Å². The van der Waals surface area contributed by atoms with Gasteiger partial charge in [-0.3, -0.25) is 0 Å². The Kier molecular flexibility index (Phi) is 24.9. The highest BCUT2D eigenvalue weighted by Gasteiger charge is 2.36. The number of carbonyl (C=O) groups excluding carboxylic acids is 1. The third-order valence-electron chi connectivity index (χ3n) is 18.1. The van der Waals surface area contributed by atoms with Crippen LogP contribution in [-0.2, 0) is 72.6 Å². The second kappa shape index (κ2) is 32.6. The van der Waals surface area contributed by atoms with Gasteiger partial charge in [0.2, 0.25) is 0 Å². The van der Waals surface area contributed by atoms with Gasteiger partial charge in [-0.2, -0.15) is 0 Å². The fourth-order valence-electron chi connectivity index (χ4n) is 13.3. The average Bonchev–Trinajstić information content (AvgIpc) is 1.61. The normalized spacial score (nSPS) is 21.6. The molecule has 0 radical (unpaired) electrons. The molecule has 8 N–H and O–H groups in total. The van der Waals surface area contributed by atoms with Crippen molar-refractivity contribution in [1.29, 1.82) is 0 Å². The van der Waals surface area contributed by atoms with E-state index in [0.29, 0.717) is 118 Å². The molecule has 4 aromatic carbocycles. The zero-order chi connectivity index (χ0) is 75.0. The van der Waals surface area contributed by atoms with Crippen molar-refractivity contribution in [3.05, 3.63) is 154 Å². The van der Waals surface area contributed by atoms with E-state index in [0.717, 1.165) is 96.3 Å². The van der Waals surface area contributed by atoms with Gasteiger partial charge in [0, 0.05) is 75.0 Å². The molecule has 12 rings (SSSR count). The minimum atomic E-state index is -3.59. The lowest BCUT2D eigenvalue weighted by Crippen LogP contribution is -2.42. The molecule has 4 aromatic rings. The van der Waals surface area contributed by atoms with Crippen LogP contribution >= 0.6 is 0 Å². The minimum Gasteiger partial charge on any atom is -0.492 e. The first kappa shape index (κ1) is 78.6. The van der Waals surface area contributed by atoms with Crippen molar-refractivity contribution in [3.63, 3.8) is 0 Å². The molecule has 8 aliphatic rings. The summed E-state index contributed by atoms with van der Waals surface area (Å²) >= 11 is 0. The summed E-state index contributed by atoms with van der Waals surface area (Å²) in [4.78, 5) is 20.8. The third kappa shape index (κ3) is 21.3. The van der Waals surface area contributed by atoms with E-state index in [1.54, 1.807) is 65.6 Å². The second-order valence-corrected chi connectivity index (χ2v) is 35.4. The van der Waals surface area contributed by atoms with Crippen LogP contribution in [0.5, 0.6) is 23.0 Å². The number of ether oxygens (including phenoxy) is 6. The maximum absolute atomic E-state index is 12.4. The number of amidine groups is 4. The molecule has 8 heterocycles. The zero-order valence-corrected chi connectivity index (χ0v) is 63.5. The van der Waals surface area contributed by atoms with Crippen molar-refractivity contribution in [2.24, 2.45) is 58.3 Å². The number of fused-ring (bicyclic) bond motifs is 4. The highest BCUT2D eigenvalue weighted by Crippen LogP contribution is 2.35. The summed E-state index contributed by atoms with van der Waals surface area (Å²) < 4.78 is 144. The molecule has 27 nitrogen and oxygen atoms in total. The van der Waals surface area contributed by atoms with Gasteiger partial charge in [0.05, 0.1) is 71.1 Å². The van der Waals surface area contributed by atoms with E-state index in [1.807, 2.05) is 53.7 Å². The van der Waals surface area contributed by atoms with E-state index in [2.05, 4.69) is 65.9 Å². The number of rotatable bonds is 19.